The minimum absolute atomic E-state index is 0.283. The fourth-order valence-electron chi connectivity index (χ4n) is 3.29. The van der Waals surface area contributed by atoms with Gasteiger partial charge in [-0.2, -0.15) is 0 Å². The smallest absolute Gasteiger partial charge is 0.341 e. The summed E-state index contributed by atoms with van der Waals surface area (Å²) in [4.78, 5) is 14.5. The summed E-state index contributed by atoms with van der Waals surface area (Å²) < 4.78 is 27.2. The molecule has 1 heterocycles. The number of morpholine rings is 1. The van der Waals surface area contributed by atoms with Crippen molar-refractivity contribution in [1.29, 1.82) is 0 Å². The van der Waals surface area contributed by atoms with Gasteiger partial charge < -0.3 is 23.7 Å². The van der Waals surface area contributed by atoms with Gasteiger partial charge in [-0.05, 0) is 23.3 Å². The second-order valence-electron chi connectivity index (χ2n) is 6.98. The maximum absolute atomic E-state index is 12.1. The molecule has 2 aromatic carbocycles. The summed E-state index contributed by atoms with van der Waals surface area (Å²) in [5, 5.41) is 0. The molecule has 31 heavy (non-hydrogen) atoms. The first-order valence-electron chi connectivity index (χ1n) is 10.3. The Morgan fingerprint density at radius 2 is 1.77 bits per heavy atom. The first kappa shape index (κ1) is 22.7. The van der Waals surface area contributed by atoms with E-state index in [1.165, 1.54) is 20.5 Å². The van der Waals surface area contributed by atoms with Crippen LogP contribution in [0.25, 0.3) is 5.57 Å². The van der Waals surface area contributed by atoms with Gasteiger partial charge in [0, 0.05) is 25.7 Å². The quantitative estimate of drug-likeness (QED) is 0.328. The van der Waals surface area contributed by atoms with Crippen molar-refractivity contribution in [3.8, 4) is 11.5 Å². The molecule has 0 atom stereocenters. The zero-order chi connectivity index (χ0) is 21.9. The number of hydrogen-bond donors (Lipinski definition) is 0. The molecular formula is C24H29NO6. The van der Waals surface area contributed by atoms with E-state index in [4.69, 9.17) is 23.7 Å². The molecule has 0 aliphatic carbocycles. The highest BCUT2D eigenvalue weighted by Gasteiger charge is 2.17. The van der Waals surface area contributed by atoms with E-state index in [0.717, 1.165) is 44.2 Å². The fourth-order valence-corrected chi connectivity index (χ4v) is 3.29. The Morgan fingerprint density at radius 1 is 1.03 bits per heavy atom. The average Bonchev–Trinajstić information content (AvgIpc) is 2.82. The van der Waals surface area contributed by atoms with Crippen LogP contribution in [0, 0.1) is 0 Å². The van der Waals surface area contributed by atoms with Crippen LogP contribution in [0.2, 0.25) is 0 Å². The Bertz CT molecular complexity index is 876. The Balaban J connectivity index is 1.61. The summed E-state index contributed by atoms with van der Waals surface area (Å²) >= 11 is 0. The van der Waals surface area contributed by atoms with Crippen molar-refractivity contribution in [2.24, 2.45) is 0 Å². The van der Waals surface area contributed by atoms with E-state index in [0.29, 0.717) is 23.5 Å². The number of esters is 1. The molecule has 1 saturated heterocycles. The zero-order valence-corrected chi connectivity index (χ0v) is 18.0. The van der Waals surface area contributed by atoms with E-state index in [-0.39, 0.29) is 6.61 Å². The standard InChI is InChI=1S/C24H29NO6/c1-27-18-23(24(26)28-2)22-9-4-3-6-19(22)17-31-21-8-5-7-20(16-21)30-15-12-25-10-13-29-14-11-25/h3-9,16,18H,10-15,17H2,1-2H3/b23-18+. The molecule has 1 aliphatic heterocycles. The zero-order valence-electron chi connectivity index (χ0n) is 18.0. The average molecular weight is 427 g/mol. The number of methoxy groups -OCH3 is 2. The largest absolute Gasteiger partial charge is 0.503 e. The summed E-state index contributed by atoms with van der Waals surface area (Å²) in [6, 6.07) is 15.1. The van der Waals surface area contributed by atoms with Crippen LogP contribution in [0.5, 0.6) is 11.5 Å². The Labute approximate surface area is 183 Å². The Hall–Kier alpha value is -3.03. The molecule has 7 nitrogen and oxygen atoms in total. The van der Waals surface area contributed by atoms with Crippen LogP contribution >= 0.6 is 0 Å². The molecule has 3 rings (SSSR count). The molecule has 7 heteroatoms. The third-order valence-electron chi connectivity index (χ3n) is 4.93. The van der Waals surface area contributed by atoms with Crippen LogP contribution in [0.4, 0.5) is 0 Å². The lowest BCUT2D eigenvalue weighted by Gasteiger charge is -2.26. The first-order valence-corrected chi connectivity index (χ1v) is 10.3. The molecule has 0 spiro atoms. The predicted molar refractivity (Wildman–Crippen MR) is 117 cm³/mol. The number of hydrogen-bond acceptors (Lipinski definition) is 7. The number of nitrogens with zero attached hydrogens (tertiary/aromatic N) is 1. The molecule has 0 saturated carbocycles. The van der Waals surface area contributed by atoms with Gasteiger partial charge in [0.15, 0.2) is 0 Å². The monoisotopic (exact) mass is 427 g/mol. The minimum atomic E-state index is -0.468. The van der Waals surface area contributed by atoms with E-state index in [2.05, 4.69) is 4.90 Å². The third-order valence-corrected chi connectivity index (χ3v) is 4.93. The van der Waals surface area contributed by atoms with Crippen LogP contribution in [0.15, 0.2) is 54.8 Å². The van der Waals surface area contributed by atoms with E-state index < -0.39 is 5.97 Å². The summed E-state index contributed by atoms with van der Waals surface area (Å²) in [6.45, 7) is 5.20. The topological polar surface area (TPSA) is 66.5 Å². The molecule has 0 radical (unpaired) electrons. The molecular weight excluding hydrogens is 398 g/mol. The van der Waals surface area contributed by atoms with Gasteiger partial charge in [-0.1, -0.05) is 30.3 Å². The van der Waals surface area contributed by atoms with Crippen molar-refractivity contribution in [3.63, 3.8) is 0 Å². The second kappa shape index (κ2) is 12.0. The highest BCUT2D eigenvalue weighted by atomic mass is 16.5. The first-order chi connectivity index (χ1) is 15.2. The summed E-state index contributed by atoms with van der Waals surface area (Å²) in [5.41, 5.74) is 1.88. The van der Waals surface area contributed by atoms with Gasteiger partial charge in [-0.15, -0.1) is 0 Å². The van der Waals surface area contributed by atoms with Gasteiger partial charge in [0.25, 0.3) is 0 Å². The molecule has 0 bridgehead atoms. The van der Waals surface area contributed by atoms with Crippen LogP contribution in [0.3, 0.4) is 0 Å². The summed E-state index contributed by atoms with van der Waals surface area (Å²) in [7, 11) is 2.84. The highest BCUT2D eigenvalue weighted by Crippen LogP contribution is 2.24. The fraction of sp³-hybridized carbons (Fsp3) is 0.375. The summed E-state index contributed by atoms with van der Waals surface area (Å²) in [6.07, 6.45) is 1.38. The second-order valence-corrected chi connectivity index (χ2v) is 6.98. The molecule has 1 fully saturated rings. The van der Waals surface area contributed by atoms with Crippen molar-refractivity contribution < 1.29 is 28.5 Å². The number of ether oxygens (including phenoxy) is 5. The van der Waals surface area contributed by atoms with Gasteiger partial charge in [0.1, 0.15) is 30.3 Å². The van der Waals surface area contributed by atoms with Crippen LogP contribution in [-0.2, 0) is 25.6 Å². The summed E-state index contributed by atoms with van der Waals surface area (Å²) in [5.74, 6) is 0.979. The molecule has 166 valence electrons. The van der Waals surface area contributed by atoms with E-state index >= 15 is 0 Å². The lowest BCUT2D eigenvalue weighted by Crippen LogP contribution is -2.38. The number of benzene rings is 2. The Morgan fingerprint density at radius 3 is 2.52 bits per heavy atom. The molecule has 0 aromatic heterocycles. The van der Waals surface area contributed by atoms with Gasteiger partial charge in [-0.3, -0.25) is 4.90 Å². The molecule has 0 unspecified atom stereocenters. The maximum atomic E-state index is 12.1. The van der Waals surface area contributed by atoms with Crippen molar-refractivity contribution in [2.45, 2.75) is 6.61 Å². The molecule has 1 aliphatic rings. The van der Waals surface area contributed by atoms with Crippen LogP contribution < -0.4 is 9.47 Å². The molecule has 0 amide bonds. The predicted octanol–water partition coefficient (Wildman–Crippen LogP) is 3.14. The van der Waals surface area contributed by atoms with Crippen molar-refractivity contribution in [1.82, 2.24) is 4.90 Å². The van der Waals surface area contributed by atoms with Crippen LogP contribution in [0.1, 0.15) is 11.1 Å². The minimum Gasteiger partial charge on any atom is -0.503 e. The number of rotatable bonds is 10. The van der Waals surface area contributed by atoms with Crippen molar-refractivity contribution >= 4 is 11.5 Å². The normalized spacial score (nSPS) is 14.7. The van der Waals surface area contributed by atoms with E-state index in [1.807, 2.05) is 48.5 Å². The lowest BCUT2D eigenvalue weighted by atomic mass is 10.0. The maximum Gasteiger partial charge on any atom is 0.341 e. The van der Waals surface area contributed by atoms with Gasteiger partial charge in [0.2, 0.25) is 0 Å². The SMILES string of the molecule is CO/C=C(/C(=O)OC)c1ccccc1COc1cccc(OCCN2CCOCC2)c1. The van der Waals surface area contributed by atoms with Crippen molar-refractivity contribution in [3.05, 3.63) is 65.9 Å². The van der Waals surface area contributed by atoms with Gasteiger partial charge >= 0.3 is 5.97 Å². The number of carbonyl (C=O) groups excluding carboxylic acids is 1. The highest BCUT2D eigenvalue weighted by molar-refractivity contribution is 6.16. The van der Waals surface area contributed by atoms with Crippen molar-refractivity contribution in [2.75, 3.05) is 53.7 Å². The van der Waals surface area contributed by atoms with Crippen LogP contribution in [-0.4, -0.2) is 64.5 Å². The van der Waals surface area contributed by atoms with Gasteiger partial charge in [-0.25, -0.2) is 4.79 Å². The van der Waals surface area contributed by atoms with E-state index in [1.54, 1.807) is 0 Å². The van der Waals surface area contributed by atoms with Gasteiger partial charge in [0.05, 0.1) is 33.7 Å². The number of carbonyl (C=O) groups is 1. The lowest BCUT2D eigenvalue weighted by molar-refractivity contribution is -0.133. The molecule has 0 N–H and O–H groups in total. The molecule has 2 aromatic rings. The third kappa shape index (κ3) is 6.73. The van der Waals surface area contributed by atoms with E-state index in [9.17, 15) is 4.79 Å². The Kier molecular flexibility index (Phi) is 8.75.